The van der Waals surface area contributed by atoms with Crippen molar-refractivity contribution in [3.05, 3.63) is 82.9 Å². The van der Waals surface area contributed by atoms with Gasteiger partial charge in [0.1, 0.15) is 6.54 Å². The smallest absolute Gasteiger partial charge is 0.266 e. The van der Waals surface area contributed by atoms with Crippen molar-refractivity contribution in [2.75, 3.05) is 27.4 Å². The van der Waals surface area contributed by atoms with Crippen LogP contribution in [0.3, 0.4) is 0 Å². The van der Waals surface area contributed by atoms with E-state index >= 15 is 0 Å². The quantitative estimate of drug-likeness (QED) is 0.568. The number of anilines is 3. The van der Waals surface area contributed by atoms with Crippen molar-refractivity contribution >= 4 is 64.1 Å². The van der Waals surface area contributed by atoms with Gasteiger partial charge in [0.15, 0.2) is 0 Å². The second-order valence-electron chi connectivity index (χ2n) is 7.44. The van der Waals surface area contributed by atoms with Gasteiger partial charge >= 0.3 is 0 Å². The fourth-order valence-corrected chi connectivity index (χ4v) is 5.05. The monoisotopic (exact) mass is 477 g/mol. The van der Waals surface area contributed by atoms with Crippen LogP contribution >= 0.6 is 23.4 Å². The second-order valence-corrected chi connectivity index (χ2v) is 8.87. The number of carbonyl (C=O) groups is 4. The molecule has 0 saturated carbocycles. The Labute approximate surface area is 198 Å². The maximum Gasteiger partial charge on any atom is 0.266 e. The van der Waals surface area contributed by atoms with Crippen molar-refractivity contribution in [1.82, 2.24) is 0 Å². The van der Waals surface area contributed by atoms with Crippen LogP contribution in [-0.4, -0.2) is 35.9 Å². The summed E-state index contributed by atoms with van der Waals surface area (Å²) in [4.78, 5) is 53.9. The van der Waals surface area contributed by atoms with Gasteiger partial charge in [-0.3, -0.25) is 19.2 Å². The summed E-state index contributed by atoms with van der Waals surface area (Å²) < 4.78 is 0. The molecule has 9 heteroatoms. The Kier molecular flexibility index (Phi) is 5.39. The molecule has 0 aromatic heterocycles. The molecule has 3 aromatic rings. The number of nitrogens with one attached hydrogen (secondary N) is 1. The van der Waals surface area contributed by atoms with Crippen LogP contribution in [0.15, 0.2) is 71.6 Å². The minimum Gasteiger partial charge on any atom is -0.324 e. The second kappa shape index (κ2) is 8.38. The summed E-state index contributed by atoms with van der Waals surface area (Å²) in [6.45, 7) is -0.145. The Morgan fingerprint density at radius 3 is 2.27 bits per heavy atom. The van der Waals surface area contributed by atoms with Gasteiger partial charge in [-0.15, -0.1) is 11.8 Å². The van der Waals surface area contributed by atoms with Gasteiger partial charge < -0.3 is 10.2 Å². The predicted octanol–water partition coefficient (Wildman–Crippen LogP) is 4.22. The molecular formula is C24H16ClN3O4S. The zero-order valence-corrected chi connectivity index (χ0v) is 18.7. The number of carbonyl (C=O) groups excluding carboxylic acids is 4. The van der Waals surface area contributed by atoms with Crippen LogP contribution in [0.25, 0.3) is 0 Å². The third-order valence-corrected chi connectivity index (χ3v) is 6.73. The largest absolute Gasteiger partial charge is 0.324 e. The van der Waals surface area contributed by atoms with E-state index in [0.717, 1.165) is 9.80 Å². The number of hydrogen-bond donors (Lipinski definition) is 1. The van der Waals surface area contributed by atoms with Crippen molar-refractivity contribution in [2.45, 2.75) is 4.90 Å². The van der Waals surface area contributed by atoms with E-state index in [4.69, 9.17) is 11.6 Å². The van der Waals surface area contributed by atoms with E-state index in [9.17, 15) is 19.2 Å². The van der Waals surface area contributed by atoms with E-state index in [1.54, 1.807) is 36.4 Å². The van der Waals surface area contributed by atoms with Crippen molar-refractivity contribution in [2.24, 2.45) is 0 Å². The highest BCUT2D eigenvalue weighted by Gasteiger charge is 2.37. The van der Waals surface area contributed by atoms with Gasteiger partial charge in [-0.1, -0.05) is 35.9 Å². The van der Waals surface area contributed by atoms with E-state index < -0.39 is 17.7 Å². The van der Waals surface area contributed by atoms with E-state index in [1.807, 2.05) is 18.2 Å². The van der Waals surface area contributed by atoms with Gasteiger partial charge in [-0.25, -0.2) is 4.90 Å². The molecule has 0 aliphatic carbocycles. The van der Waals surface area contributed by atoms with Gasteiger partial charge in [0.2, 0.25) is 11.8 Å². The van der Waals surface area contributed by atoms with Gasteiger partial charge in [-0.2, -0.15) is 0 Å². The van der Waals surface area contributed by atoms with E-state index in [-0.39, 0.29) is 28.9 Å². The molecule has 0 saturated heterocycles. The molecule has 0 fully saturated rings. The first-order valence-corrected chi connectivity index (χ1v) is 11.4. The van der Waals surface area contributed by atoms with Crippen molar-refractivity contribution in [3.63, 3.8) is 0 Å². The highest BCUT2D eigenvalue weighted by Crippen LogP contribution is 2.36. The molecule has 0 spiro atoms. The summed E-state index contributed by atoms with van der Waals surface area (Å²) in [6.07, 6.45) is 0. The lowest BCUT2D eigenvalue weighted by atomic mass is 10.1. The number of hydrogen-bond acceptors (Lipinski definition) is 5. The Morgan fingerprint density at radius 1 is 0.909 bits per heavy atom. The van der Waals surface area contributed by atoms with Crippen LogP contribution < -0.4 is 15.1 Å². The zero-order valence-electron chi connectivity index (χ0n) is 17.1. The highest BCUT2D eigenvalue weighted by molar-refractivity contribution is 8.00. The van der Waals surface area contributed by atoms with Crippen LogP contribution in [0, 0.1) is 0 Å². The summed E-state index contributed by atoms with van der Waals surface area (Å²) in [7, 11) is 0. The summed E-state index contributed by atoms with van der Waals surface area (Å²) in [6, 6.07) is 18.5. The molecule has 5 rings (SSSR count). The summed E-state index contributed by atoms with van der Waals surface area (Å²) in [5.41, 5.74) is 1.96. The molecule has 0 unspecified atom stereocenters. The third-order valence-electron chi connectivity index (χ3n) is 5.38. The van der Waals surface area contributed by atoms with Crippen LogP contribution in [0.1, 0.15) is 20.7 Å². The van der Waals surface area contributed by atoms with Gasteiger partial charge in [0.05, 0.1) is 33.3 Å². The first kappa shape index (κ1) is 21.2. The molecule has 0 atom stereocenters. The number of fused-ring (bicyclic) bond motifs is 2. The molecule has 3 aromatic carbocycles. The lowest BCUT2D eigenvalue weighted by Gasteiger charge is -2.28. The number of para-hydroxylation sites is 1. The third kappa shape index (κ3) is 3.77. The first-order valence-electron chi connectivity index (χ1n) is 10.0. The molecule has 7 nitrogen and oxygen atoms in total. The lowest BCUT2D eigenvalue weighted by Crippen LogP contribution is -2.41. The normalized spacial score (nSPS) is 14.9. The van der Waals surface area contributed by atoms with Gasteiger partial charge in [0.25, 0.3) is 11.8 Å². The molecule has 4 amide bonds. The maximum atomic E-state index is 12.7. The number of benzene rings is 3. The van der Waals surface area contributed by atoms with Gasteiger partial charge in [-0.05, 0) is 42.5 Å². The Morgan fingerprint density at radius 2 is 1.58 bits per heavy atom. The molecule has 2 aliphatic heterocycles. The van der Waals surface area contributed by atoms with Crippen molar-refractivity contribution in [1.29, 1.82) is 0 Å². The zero-order chi connectivity index (χ0) is 23.1. The SMILES string of the molecule is O=C(CN1C(=O)CSc2ccccc21)Nc1ccc(N2C(=O)c3ccccc3C2=O)c(Cl)c1. The lowest BCUT2D eigenvalue weighted by molar-refractivity contribution is -0.120. The fraction of sp³-hybridized carbons (Fsp3) is 0.0833. The van der Waals surface area contributed by atoms with Gasteiger partial charge in [0, 0.05) is 10.6 Å². The molecule has 2 heterocycles. The fourth-order valence-electron chi connectivity index (χ4n) is 3.85. The van der Waals surface area contributed by atoms with Crippen molar-refractivity contribution < 1.29 is 19.2 Å². The molecule has 1 N–H and O–H groups in total. The van der Waals surface area contributed by atoms with Crippen LogP contribution in [0.5, 0.6) is 0 Å². The molecule has 0 radical (unpaired) electrons. The molecule has 33 heavy (non-hydrogen) atoms. The molecular weight excluding hydrogens is 462 g/mol. The van der Waals surface area contributed by atoms with E-state index in [1.165, 1.54) is 28.8 Å². The number of imide groups is 1. The summed E-state index contributed by atoms with van der Waals surface area (Å²) in [5, 5.41) is 2.86. The van der Waals surface area contributed by atoms with Crippen LogP contribution in [0.2, 0.25) is 5.02 Å². The predicted molar refractivity (Wildman–Crippen MR) is 127 cm³/mol. The number of nitrogens with zero attached hydrogens (tertiary/aromatic N) is 2. The topological polar surface area (TPSA) is 86.8 Å². The molecule has 2 aliphatic rings. The summed E-state index contributed by atoms with van der Waals surface area (Å²) >= 11 is 7.83. The van der Waals surface area contributed by atoms with Crippen LogP contribution in [-0.2, 0) is 9.59 Å². The van der Waals surface area contributed by atoms with E-state index in [2.05, 4.69) is 5.32 Å². The molecule has 164 valence electrons. The molecule has 0 bridgehead atoms. The number of halogens is 1. The minimum absolute atomic E-state index is 0.137. The summed E-state index contributed by atoms with van der Waals surface area (Å²) in [5.74, 6) is -1.17. The number of amides is 4. The van der Waals surface area contributed by atoms with E-state index in [0.29, 0.717) is 22.5 Å². The Balaban J connectivity index is 1.33. The maximum absolute atomic E-state index is 12.7. The first-order chi connectivity index (χ1) is 15.9. The number of rotatable bonds is 4. The van der Waals surface area contributed by atoms with Crippen LogP contribution in [0.4, 0.5) is 17.1 Å². The van der Waals surface area contributed by atoms with Crippen molar-refractivity contribution in [3.8, 4) is 0 Å². The average molecular weight is 478 g/mol. The highest BCUT2D eigenvalue weighted by atomic mass is 35.5. The number of thioether (sulfide) groups is 1. The average Bonchev–Trinajstić information content (AvgIpc) is 3.06. The Bertz CT molecular complexity index is 1310. The standard InChI is InChI=1S/C24H16ClN3O4S/c25-17-11-14(9-10-18(17)28-23(31)15-5-1-2-6-16(15)24(28)32)26-21(29)12-27-19-7-3-4-8-20(19)33-13-22(27)30/h1-11H,12-13H2,(H,26,29). The minimum atomic E-state index is -0.450. The Hall–Kier alpha value is -3.62.